The Morgan fingerprint density at radius 3 is 2.62 bits per heavy atom. The highest BCUT2D eigenvalue weighted by Gasteiger charge is 2.11. The SMILES string of the molecule is COc1ccc(C=NNc2n[nH]c(C)[n+]2N)cc1OC.[Cl-]. The predicted molar refractivity (Wildman–Crippen MR) is 74.4 cm³/mol. The van der Waals surface area contributed by atoms with Crippen LogP contribution in [0.5, 0.6) is 11.5 Å². The molecule has 0 saturated heterocycles. The second-order valence-corrected chi connectivity index (χ2v) is 3.99. The molecule has 8 nitrogen and oxygen atoms in total. The summed E-state index contributed by atoms with van der Waals surface area (Å²) in [5.41, 5.74) is 3.59. The van der Waals surface area contributed by atoms with E-state index in [0.717, 1.165) is 5.56 Å². The maximum absolute atomic E-state index is 5.72. The highest BCUT2D eigenvalue weighted by Crippen LogP contribution is 2.26. The average Bonchev–Trinajstić information content (AvgIpc) is 2.79. The quantitative estimate of drug-likeness (QED) is 0.239. The highest BCUT2D eigenvalue weighted by molar-refractivity contribution is 5.81. The van der Waals surface area contributed by atoms with E-state index in [2.05, 4.69) is 20.7 Å². The van der Waals surface area contributed by atoms with Gasteiger partial charge in [-0.3, -0.25) is 5.84 Å². The third-order valence-electron chi connectivity index (χ3n) is 2.70. The number of hydrazone groups is 1. The number of methoxy groups -OCH3 is 2. The summed E-state index contributed by atoms with van der Waals surface area (Å²) < 4.78 is 11.7. The predicted octanol–water partition coefficient (Wildman–Crippen LogP) is -2.81. The van der Waals surface area contributed by atoms with Crippen LogP contribution in [0.4, 0.5) is 5.95 Å². The molecule has 0 spiro atoms. The second kappa shape index (κ2) is 7.34. The van der Waals surface area contributed by atoms with Gasteiger partial charge in [-0.25, -0.2) is 0 Å². The van der Waals surface area contributed by atoms with Crippen LogP contribution in [-0.2, 0) is 0 Å². The summed E-state index contributed by atoms with van der Waals surface area (Å²) in [6.07, 6.45) is 1.63. The number of hydrogen-bond acceptors (Lipinski definition) is 6. The zero-order chi connectivity index (χ0) is 14.5. The lowest BCUT2D eigenvalue weighted by molar-refractivity contribution is -0.631. The molecule has 2 rings (SSSR count). The number of ether oxygens (including phenoxy) is 2. The van der Waals surface area contributed by atoms with Gasteiger partial charge in [0.2, 0.25) is 5.82 Å². The van der Waals surface area contributed by atoms with E-state index in [0.29, 0.717) is 23.3 Å². The Morgan fingerprint density at radius 1 is 1.33 bits per heavy atom. The fourth-order valence-electron chi connectivity index (χ4n) is 1.58. The lowest BCUT2D eigenvalue weighted by Gasteiger charge is -2.07. The van der Waals surface area contributed by atoms with Crippen molar-refractivity contribution < 1.29 is 26.6 Å². The van der Waals surface area contributed by atoms with Crippen molar-refractivity contribution >= 4 is 12.2 Å². The fraction of sp³-hybridized carbons (Fsp3) is 0.250. The Morgan fingerprint density at radius 2 is 2.05 bits per heavy atom. The zero-order valence-corrected chi connectivity index (χ0v) is 12.7. The smallest absolute Gasteiger partial charge is 0.421 e. The monoisotopic (exact) mass is 312 g/mol. The number of benzene rings is 1. The highest BCUT2D eigenvalue weighted by atomic mass is 35.5. The van der Waals surface area contributed by atoms with Crippen LogP contribution in [0.2, 0.25) is 0 Å². The molecule has 0 unspecified atom stereocenters. The molecule has 114 valence electrons. The number of nitrogens with one attached hydrogen (secondary N) is 2. The third-order valence-corrected chi connectivity index (χ3v) is 2.70. The molecule has 0 aliphatic rings. The zero-order valence-electron chi connectivity index (χ0n) is 11.9. The summed E-state index contributed by atoms with van der Waals surface area (Å²) in [7, 11) is 3.17. The number of H-pyrrole nitrogens is 1. The van der Waals surface area contributed by atoms with Crippen LogP contribution >= 0.6 is 0 Å². The first-order chi connectivity index (χ1) is 9.65. The van der Waals surface area contributed by atoms with E-state index in [4.69, 9.17) is 15.3 Å². The van der Waals surface area contributed by atoms with Crippen molar-refractivity contribution in [1.29, 1.82) is 0 Å². The minimum Gasteiger partial charge on any atom is -1.00 e. The first kappa shape index (κ1) is 16.6. The van der Waals surface area contributed by atoms with Gasteiger partial charge in [-0.15, -0.1) is 9.78 Å². The van der Waals surface area contributed by atoms with Crippen LogP contribution in [0.1, 0.15) is 11.4 Å². The maximum Gasteiger partial charge on any atom is 0.421 e. The number of aryl methyl sites for hydroxylation is 1. The van der Waals surface area contributed by atoms with Gasteiger partial charge in [0.05, 0.1) is 20.4 Å². The molecule has 0 aliphatic heterocycles. The molecule has 2 aromatic rings. The van der Waals surface area contributed by atoms with Gasteiger partial charge in [0.1, 0.15) is 0 Å². The lowest BCUT2D eigenvalue weighted by Crippen LogP contribution is -3.00. The van der Waals surface area contributed by atoms with E-state index in [9.17, 15) is 0 Å². The Balaban J connectivity index is 0.00000220. The minimum atomic E-state index is 0. The molecule has 1 heterocycles. The second-order valence-electron chi connectivity index (χ2n) is 3.99. The number of halogens is 1. The van der Waals surface area contributed by atoms with Gasteiger partial charge < -0.3 is 21.9 Å². The molecular formula is C12H17ClN6O2. The summed E-state index contributed by atoms with van der Waals surface area (Å²) in [5.74, 6) is 8.15. The van der Waals surface area contributed by atoms with E-state index in [1.54, 1.807) is 27.4 Å². The van der Waals surface area contributed by atoms with E-state index >= 15 is 0 Å². The fourth-order valence-corrected chi connectivity index (χ4v) is 1.58. The van der Waals surface area contributed by atoms with Crippen molar-refractivity contribution in [3.8, 4) is 11.5 Å². The lowest BCUT2D eigenvalue weighted by atomic mass is 10.2. The topological polar surface area (TPSA) is 101 Å². The first-order valence-corrected chi connectivity index (χ1v) is 5.89. The van der Waals surface area contributed by atoms with Gasteiger partial charge in [0.15, 0.2) is 11.5 Å². The van der Waals surface area contributed by atoms with Crippen LogP contribution < -0.4 is 37.8 Å². The molecule has 1 aromatic heterocycles. The molecule has 0 bridgehead atoms. The summed E-state index contributed by atoms with van der Waals surface area (Å²) in [4.78, 5) is 0. The molecule has 0 aliphatic carbocycles. The average molecular weight is 313 g/mol. The van der Waals surface area contributed by atoms with Crippen LogP contribution in [0.3, 0.4) is 0 Å². The normalized spacial score (nSPS) is 10.2. The van der Waals surface area contributed by atoms with Crippen LogP contribution in [0.15, 0.2) is 23.3 Å². The van der Waals surface area contributed by atoms with Crippen molar-refractivity contribution in [2.24, 2.45) is 5.10 Å². The molecule has 0 radical (unpaired) electrons. The Bertz CT molecular complexity index is 628. The first-order valence-electron chi connectivity index (χ1n) is 5.89. The molecule has 9 heteroatoms. The van der Waals surface area contributed by atoms with E-state index < -0.39 is 0 Å². The van der Waals surface area contributed by atoms with Crippen LogP contribution in [0.25, 0.3) is 0 Å². The van der Waals surface area contributed by atoms with Crippen molar-refractivity contribution in [2.75, 3.05) is 25.5 Å². The van der Waals surface area contributed by atoms with Crippen molar-refractivity contribution in [2.45, 2.75) is 6.92 Å². The van der Waals surface area contributed by atoms with Crippen molar-refractivity contribution in [3.05, 3.63) is 29.6 Å². The number of anilines is 1. The standard InChI is InChI=1S/C12H16N6O2.ClH/c1-8-15-17-12(18(8)13)16-14-7-9-4-5-10(19-2)11(6-9)20-3;/h4-7H,13H2,1-3H3,(H,16,17);1H. The van der Waals surface area contributed by atoms with Gasteiger partial charge >= 0.3 is 5.95 Å². The Kier molecular flexibility index (Phi) is 5.79. The van der Waals surface area contributed by atoms with Gasteiger partial charge in [-0.05, 0) is 23.8 Å². The Labute approximate surface area is 128 Å². The minimum absolute atomic E-state index is 0. The van der Waals surface area contributed by atoms with E-state index in [1.165, 1.54) is 4.68 Å². The van der Waals surface area contributed by atoms with Crippen molar-refractivity contribution in [1.82, 2.24) is 10.2 Å². The number of aromatic amines is 1. The Hall–Kier alpha value is -2.48. The van der Waals surface area contributed by atoms with Crippen molar-refractivity contribution in [3.63, 3.8) is 0 Å². The molecular weight excluding hydrogens is 296 g/mol. The van der Waals surface area contributed by atoms with E-state index in [-0.39, 0.29) is 12.4 Å². The molecule has 0 fully saturated rings. The third kappa shape index (κ3) is 3.76. The molecule has 0 atom stereocenters. The summed E-state index contributed by atoms with van der Waals surface area (Å²) >= 11 is 0. The summed E-state index contributed by atoms with van der Waals surface area (Å²) in [6.45, 7) is 1.80. The van der Waals surface area contributed by atoms with Crippen LogP contribution in [-0.4, -0.2) is 30.6 Å². The molecule has 0 saturated carbocycles. The maximum atomic E-state index is 5.72. The largest absolute Gasteiger partial charge is 1.00 e. The number of rotatable bonds is 5. The summed E-state index contributed by atoms with van der Waals surface area (Å²) in [6, 6.07) is 5.48. The molecule has 0 amide bonds. The van der Waals surface area contributed by atoms with Gasteiger partial charge in [-0.2, -0.15) is 10.5 Å². The number of aromatic nitrogens is 3. The number of nitrogens with two attached hydrogens (primary N) is 1. The van der Waals surface area contributed by atoms with Crippen LogP contribution in [0, 0.1) is 6.92 Å². The van der Waals surface area contributed by atoms with Gasteiger partial charge in [-0.1, -0.05) is 0 Å². The summed E-state index contributed by atoms with van der Waals surface area (Å²) in [5, 5.41) is 10.7. The molecule has 1 aromatic carbocycles. The number of nitrogen functional groups attached to an aromatic ring is 1. The van der Waals surface area contributed by atoms with Gasteiger partial charge in [0, 0.05) is 12.0 Å². The van der Waals surface area contributed by atoms with E-state index in [1.807, 2.05) is 18.2 Å². The molecule has 4 N–H and O–H groups in total. The van der Waals surface area contributed by atoms with Gasteiger partial charge in [0.25, 0.3) is 0 Å². The number of nitrogens with zero attached hydrogens (tertiary/aromatic N) is 3. The number of hydrogen-bond donors (Lipinski definition) is 3. The molecule has 21 heavy (non-hydrogen) atoms.